The van der Waals surface area contributed by atoms with Crippen LogP contribution in [0, 0.1) is 5.82 Å². The lowest BCUT2D eigenvalue weighted by atomic mass is 10.0. The minimum Gasteiger partial charge on any atom is -0.350 e. The van der Waals surface area contributed by atoms with Gasteiger partial charge in [-0.2, -0.15) is 0 Å². The second-order valence-electron chi connectivity index (χ2n) is 5.07. The van der Waals surface area contributed by atoms with E-state index in [1.54, 1.807) is 12.1 Å². The standard InChI is InChI=1S/C17H19FN2O/c1-12(14-8-5-9-15(18)10-14)20-17(21)11-16(19)13-6-3-2-4-7-13/h2-10,12,16H,11,19H2,1H3,(H,20,21)/t12-,16?/m0/s1. The molecule has 21 heavy (non-hydrogen) atoms. The zero-order valence-corrected chi connectivity index (χ0v) is 11.9. The molecule has 0 aliphatic rings. The van der Waals surface area contributed by atoms with E-state index in [4.69, 9.17) is 5.73 Å². The van der Waals surface area contributed by atoms with E-state index in [0.29, 0.717) is 0 Å². The molecule has 0 fully saturated rings. The second-order valence-corrected chi connectivity index (χ2v) is 5.07. The lowest BCUT2D eigenvalue weighted by Gasteiger charge is -2.17. The maximum Gasteiger partial charge on any atom is 0.222 e. The van der Waals surface area contributed by atoms with Gasteiger partial charge in [0.25, 0.3) is 0 Å². The van der Waals surface area contributed by atoms with E-state index in [1.807, 2.05) is 37.3 Å². The summed E-state index contributed by atoms with van der Waals surface area (Å²) < 4.78 is 13.2. The van der Waals surface area contributed by atoms with Gasteiger partial charge in [0.15, 0.2) is 0 Å². The Hall–Kier alpha value is -2.20. The third kappa shape index (κ3) is 4.39. The summed E-state index contributed by atoms with van der Waals surface area (Å²) in [6, 6.07) is 15.1. The third-order valence-corrected chi connectivity index (χ3v) is 3.36. The summed E-state index contributed by atoms with van der Waals surface area (Å²) in [4.78, 5) is 12.0. The zero-order chi connectivity index (χ0) is 15.2. The summed E-state index contributed by atoms with van der Waals surface area (Å²) in [6.07, 6.45) is 0.198. The molecule has 0 bridgehead atoms. The van der Waals surface area contributed by atoms with E-state index in [1.165, 1.54) is 12.1 Å². The Morgan fingerprint density at radius 1 is 1.14 bits per heavy atom. The maximum absolute atomic E-state index is 13.2. The molecule has 1 amide bonds. The van der Waals surface area contributed by atoms with Crippen LogP contribution < -0.4 is 11.1 Å². The lowest BCUT2D eigenvalue weighted by Crippen LogP contribution is -2.29. The predicted molar refractivity (Wildman–Crippen MR) is 80.9 cm³/mol. The molecule has 2 aromatic carbocycles. The molecule has 4 heteroatoms. The minimum atomic E-state index is -0.342. The summed E-state index contributed by atoms with van der Waals surface area (Å²) in [5.41, 5.74) is 7.67. The molecule has 2 rings (SSSR count). The van der Waals surface area contributed by atoms with E-state index in [-0.39, 0.29) is 30.2 Å². The fourth-order valence-electron chi connectivity index (χ4n) is 2.18. The summed E-state index contributed by atoms with van der Waals surface area (Å²) in [6.45, 7) is 1.82. The van der Waals surface area contributed by atoms with Crippen molar-refractivity contribution in [3.8, 4) is 0 Å². The first-order valence-electron chi connectivity index (χ1n) is 6.91. The molecule has 0 aliphatic heterocycles. The quantitative estimate of drug-likeness (QED) is 0.887. The van der Waals surface area contributed by atoms with Crippen LogP contribution in [-0.2, 0) is 4.79 Å². The van der Waals surface area contributed by atoms with E-state index in [9.17, 15) is 9.18 Å². The number of carbonyl (C=O) groups excluding carboxylic acids is 1. The Labute approximate surface area is 124 Å². The molecule has 0 saturated heterocycles. The number of nitrogens with one attached hydrogen (secondary N) is 1. The molecule has 2 aromatic rings. The van der Waals surface area contributed by atoms with Crippen molar-refractivity contribution >= 4 is 5.91 Å². The van der Waals surface area contributed by atoms with Gasteiger partial charge < -0.3 is 11.1 Å². The summed E-state index contributed by atoms with van der Waals surface area (Å²) in [5, 5.41) is 2.84. The van der Waals surface area contributed by atoms with Crippen LogP contribution >= 0.6 is 0 Å². The van der Waals surface area contributed by atoms with Crippen molar-refractivity contribution < 1.29 is 9.18 Å². The van der Waals surface area contributed by atoms with Crippen LogP contribution in [0.2, 0.25) is 0 Å². The fraction of sp³-hybridized carbons (Fsp3) is 0.235. The lowest BCUT2D eigenvalue weighted by molar-refractivity contribution is -0.122. The van der Waals surface area contributed by atoms with E-state index >= 15 is 0 Å². The van der Waals surface area contributed by atoms with Crippen molar-refractivity contribution in [3.63, 3.8) is 0 Å². The van der Waals surface area contributed by atoms with Gasteiger partial charge in [0.1, 0.15) is 5.82 Å². The smallest absolute Gasteiger partial charge is 0.222 e. The van der Waals surface area contributed by atoms with Crippen molar-refractivity contribution in [3.05, 3.63) is 71.5 Å². The van der Waals surface area contributed by atoms with Crippen molar-refractivity contribution in [2.45, 2.75) is 25.4 Å². The average molecular weight is 286 g/mol. The molecule has 2 atom stereocenters. The molecule has 0 radical (unpaired) electrons. The summed E-state index contributed by atoms with van der Waals surface area (Å²) in [5.74, 6) is -0.460. The van der Waals surface area contributed by atoms with Gasteiger partial charge in [0.2, 0.25) is 5.91 Å². The largest absolute Gasteiger partial charge is 0.350 e. The van der Waals surface area contributed by atoms with Crippen LogP contribution in [0.3, 0.4) is 0 Å². The van der Waals surface area contributed by atoms with Crippen LogP contribution in [0.25, 0.3) is 0 Å². The monoisotopic (exact) mass is 286 g/mol. The van der Waals surface area contributed by atoms with Gasteiger partial charge in [-0.3, -0.25) is 4.79 Å². The Morgan fingerprint density at radius 3 is 2.48 bits per heavy atom. The van der Waals surface area contributed by atoms with Crippen molar-refractivity contribution in [1.29, 1.82) is 0 Å². The molecule has 3 nitrogen and oxygen atoms in total. The van der Waals surface area contributed by atoms with E-state index in [2.05, 4.69) is 5.32 Å². The highest BCUT2D eigenvalue weighted by atomic mass is 19.1. The number of hydrogen-bond acceptors (Lipinski definition) is 2. The minimum absolute atomic E-state index is 0.150. The number of benzene rings is 2. The van der Waals surface area contributed by atoms with Crippen molar-refractivity contribution in [2.24, 2.45) is 5.73 Å². The third-order valence-electron chi connectivity index (χ3n) is 3.36. The molecule has 0 aromatic heterocycles. The number of nitrogens with two attached hydrogens (primary N) is 1. The number of halogens is 1. The maximum atomic E-state index is 13.2. The summed E-state index contributed by atoms with van der Waals surface area (Å²) >= 11 is 0. The van der Waals surface area contributed by atoms with Gasteiger partial charge in [-0.1, -0.05) is 42.5 Å². The molecule has 0 spiro atoms. The fourth-order valence-corrected chi connectivity index (χ4v) is 2.18. The van der Waals surface area contributed by atoms with E-state index in [0.717, 1.165) is 11.1 Å². The number of amides is 1. The van der Waals surface area contributed by atoms with Gasteiger partial charge in [-0.15, -0.1) is 0 Å². The molecular weight excluding hydrogens is 267 g/mol. The number of carbonyl (C=O) groups is 1. The number of rotatable bonds is 5. The van der Waals surface area contributed by atoms with Crippen LogP contribution in [-0.4, -0.2) is 5.91 Å². The molecule has 0 saturated carbocycles. The van der Waals surface area contributed by atoms with Gasteiger partial charge in [-0.05, 0) is 30.2 Å². The highest BCUT2D eigenvalue weighted by molar-refractivity contribution is 5.77. The highest BCUT2D eigenvalue weighted by Crippen LogP contribution is 2.16. The Kier molecular flexibility index (Phi) is 5.06. The molecule has 1 unspecified atom stereocenters. The van der Waals surface area contributed by atoms with Crippen LogP contribution in [0.1, 0.15) is 36.6 Å². The highest BCUT2D eigenvalue weighted by Gasteiger charge is 2.14. The van der Waals surface area contributed by atoms with Gasteiger partial charge >= 0.3 is 0 Å². The SMILES string of the molecule is C[C@H](NC(=O)CC(N)c1ccccc1)c1cccc(F)c1. The average Bonchev–Trinajstić information content (AvgIpc) is 2.48. The first kappa shape index (κ1) is 15.2. The molecule has 0 aliphatic carbocycles. The molecule has 0 heterocycles. The van der Waals surface area contributed by atoms with Gasteiger partial charge in [-0.25, -0.2) is 4.39 Å². The first-order chi connectivity index (χ1) is 10.1. The normalized spacial score (nSPS) is 13.5. The molecule has 3 N–H and O–H groups in total. The predicted octanol–water partition coefficient (Wildman–Crippen LogP) is 3.09. The Bertz CT molecular complexity index is 601. The molecular formula is C17H19FN2O. The van der Waals surface area contributed by atoms with Crippen LogP contribution in [0.4, 0.5) is 4.39 Å². The second kappa shape index (κ2) is 6.99. The van der Waals surface area contributed by atoms with Crippen molar-refractivity contribution in [2.75, 3.05) is 0 Å². The summed E-state index contributed by atoms with van der Waals surface area (Å²) in [7, 11) is 0. The molecule has 110 valence electrons. The van der Waals surface area contributed by atoms with Gasteiger partial charge in [0.05, 0.1) is 6.04 Å². The topological polar surface area (TPSA) is 55.1 Å². The van der Waals surface area contributed by atoms with Crippen LogP contribution in [0.15, 0.2) is 54.6 Å². The van der Waals surface area contributed by atoms with Crippen LogP contribution in [0.5, 0.6) is 0 Å². The Morgan fingerprint density at radius 2 is 1.81 bits per heavy atom. The first-order valence-corrected chi connectivity index (χ1v) is 6.91. The number of hydrogen-bond donors (Lipinski definition) is 2. The Balaban J connectivity index is 1.92. The zero-order valence-electron chi connectivity index (χ0n) is 11.9. The van der Waals surface area contributed by atoms with E-state index < -0.39 is 0 Å². The van der Waals surface area contributed by atoms with Gasteiger partial charge in [0, 0.05) is 12.5 Å². The van der Waals surface area contributed by atoms with Crippen molar-refractivity contribution in [1.82, 2.24) is 5.32 Å².